The van der Waals surface area contributed by atoms with Crippen LogP contribution in [0.5, 0.6) is 0 Å². The summed E-state index contributed by atoms with van der Waals surface area (Å²) in [6.45, 7) is 5.30. The van der Waals surface area contributed by atoms with Crippen LogP contribution in [0.4, 0.5) is 13.2 Å². The highest BCUT2D eigenvalue weighted by Crippen LogP contribution is 2.34. The van der Waals surface area contributed by atoms with Gasteiger partial charge in [0, 0.05) is 51.5 Å². The number of rotatable bonds is 6. The first-order valence-electron chi connectivity index (χ1n) is 11.1. The third kappa shape index (κ3) is 8.24. The van der Waals surface area contributed by atoms with E-state index >= 15 is 0 Å². The van der Waals surface area contributed by atoms with Crippen LogP contribution in [-0.4, -0.2) is 78.1 Å². The van der Waals surface area contributed by atoms with E-state index in [4.69, 9.17) is 19.4 Å². The molecule has 0 spiro atoms. The molecule has 2 N–H and O–H groups in total. The van der Waals surface area contributed by atoms with Crippen molar-refractivity contribution in [1.29, 1.82) is 0 Å². The second-order valence-corrected chi connectivity index (χ2v) is 8.67. The van der Waals surface area contributed by atoms with E-state index in [9.17, 15) is 18.0 Å². The Morgan fingerprint density at radius 3 is 2.55 bits per heavy atom. The lowest BCUT2D eigenvalue weighted by atomic mass is 9.99. The molecule has 3 aliphatic heterocycles. The molecule has 184 valence electrons. The number of nitrogens with one attached hydrogen (secondary N) is 1. The Morgan fingerprint density at radius 2 is 1.94 bits per heavy atom. The minimum atomic E-state index is -5.08. The van der Waals surface area contributed by atoms with E-state index in [1.807, 2.05) is 18.3 Å². The van der Waals surface area contributed by atoms with Crippen LogP contribution >= 0.6 is 0 Å². The average Bonchev–Trinajstić information content (AvgIpc) is 3.31. The maximum atomic E-state index is 12.2. The molecule has 0 unspecified atom stereocenters. The van der Waals surface area contributed by atoms with E-state index in [1.54, 1.807) is 0 Å². The smallest absolute Gasteiger partial charge is 0.475 e. The molecule has 4 rings (SSSR count). The highest BCUT2D eigenvalue weighted by atomic mass is 19.4. The van der Waals surface area contributed by atoms with Gasteiger partial charge in [0.25, 0.3) is 0 Å². The van der Waals surface area contributed by atoms with E-state index in [0.29, 0.717) is 18.3 Å². The van der Waals surface area contributed by atoms with Crippen molar-refractivity contribution in [3.05, 3.63) is 30.1 Å². The largest absolute Gasteiger partial charge is 0.490 e. The normalized spacial score (nSPS) is 25.7. The molecule has 1 aromatic heterocycles. The zero-order chi connectivity index (χ0) is 23.8. The van der Waals surface area contributed by atoms with Gasteiger partial charge >= 0.3 is 12.1 Å². The molecule has 4 heterocycles. The van der Waals surface area contributed by atoms with Gasteiger partial charge in [-0.05, 0) is 37.3 Å². The van der Waals surface area contributed by atoms with Crippen molar-refractivity contribution in [2.24, 2.45) is 11.8 Å². The summed E-state index contributed by atoms with van der Waals surface area (Å²) in [5.41, 5.74) is 1.11. The predicted octanol–water partition coefficient (Wildman–Crippen LogP) is 2.24. The fraction of sp³-hybridized carbons (Fsp3) is 0.682. The van der Waals surface area contributed by atoms with Crippen molar-refractivity contribution in [2.75, 3.05) is 32.8 Å². The molecule has 0 saturated carbocycles. The van der Waals surface area contributed by atoms with Gasteiger partial charge in [-0.25, -0.2) is 4.79 Å². The number of carboxylic acids is 1. The number of carbonyl (C=O) groups excluding carboxylic acids is 1. The monoisotopic (exact) mass is 473 g/mol. The molecule has 3 fully saturated rings. The standard InChI is InChI=1S/C20H29N3O3.C2HF3O2/c24-20(22-11-15-4-7-25-8-5-15)10-18-9-16-12-23(14-19(16)26-18)13-17-3-1-2-6-21-17;3-2(4,5)1(6)7/h1-3,6,15-16,18-19H,4-5,7-14H2,(H,22,24);(H,6,7)/t16-,18-,19+;/m0./s1. The summed E-state index contributed by atoms with van der Waals surface area (Å²) in [7, 11) is 0. The molecule has 0 bridgehead atoms. The number of alkyl halides is 3. The fourth-order valence-corrected chi connectivity index (χ4v) is 4.42. The number of halogens is 3. The number of carbonyl (C=O) groups is 2. The number of hydrogen-bond donors (Lipinski definition) is 2. The molecule has 11 heteroatoms. The van der Waals surface area contributed by atoms with Crippen molar-refractivity contribution in [3.8, 4) is 0 Å². The second kappa shape index (κ2) is 11.8. The summed E-state index contributed by atoms with van der Waals surface area (Å²) in [5.74, 6) is -1.51. The maximum Gasteiger partial charge on any atom is 0.490 e. The molecule has 3 aliphatic rings. The SMILES string of the molecule is O=C(C[C@@H]1C[C@H]2CN(Cc3ccccn3)C[C@H]2O1)NCC1CCOCC1.O=C(O)C(F)(F)F. The molecule has 1 amide bonds. The molecular formula is C22H30F3N3O5. The van der Waals surface area contributed by atoms with Gasteiger partial charge in [0.05, 0.1) is 24.3 Å². The van der Waals surface area contributed by atoms with Crippen LogP contribution in [0.15, 0.2) is 24.4 Å². The topological polar surface area (TPSA) is 101 Å². The molecule has 33 heavy (non-hydrogen) atoms. The number of likely N-dealkylation sites (tertiary alicyclic amines) is 1. The predicted molar refractivity (Wildman–Crippen MR) is 111 cm³/mol. The van der Waals surface area contributed by atoms with Crippen molar-refractivity contribution < 1.29 is 37.3 Å². The third-order valence-electron chi connectivity index (χ3n) is 6.09. The van der Waals surface area contributed by atoms with E-state index in [2.05, 4.69) is 21.3 Å². The van der Waals surface area contributed by atoms with E-state index in [1.165, 1.54) is 0 Å². The molecule has 1 aromatic rings. The Bertz CT molecular complexity index is 760. The Kier molecular flexibility index (Phi) is 9.04. The Labute approximate surface area is 190 Å². The number of amides is 1. The highest BCUT2D eigenvalue weighted by Gasteiger charge is 2.42. The van der Waals surface area contributed by atoms with Gasteiger partial charge in [-0.15, -0.1) is 0 Å². The zero-order valence-electron chi connectivity index (χ0n) is 18.3. The average molecular weight is 473 g/mol. The van der Waals surface area contributed by atoms with Crippen LogP contribution in [-0.2, 0) is 25.6 Å². The van der Waals surface area contributed by atoms with Gasteiger partial charge in [0.15, 0.2) is 0 Å². The Morgan fingerprint density at radius 1 is 1.21 bits per heavy atom. The van der Waals surface area contributed by atoms with Crippen molar-refractivity contribution in [2.45, 2.75) is 50.6 Å². The summed E-state index contributed by atoms with van der Waals surface area (Å²) < 4.78 is 43.3. The van der Waals surface area contributed by atoms with Crippen LogP contribution in [0.2, 0.25) is 0 Å². The summed E-state index contributed by atoms with van der Waals surface area (Å²) >= 11 is 0. The Hall–Kier alpha value is -2.24. The van der Waals surface area contributed by atoms with Gasteiger partial charge in [-0.1, -0.05) is 6.07 Å². The van der Waals surface area contributed by atoms with Gasteiger partial charge in [0.1, 0.15) is 0 Å². The van der Waals surface area contributed by atoms with Gasteiger partial charge in [-0.3, -0.25) is 14.7 Å². The number of hydrogen-bond acceptors (Lipinski definition) is 6. The highest BCUT2D eigenvalue weighted by molar-refractivity contribution is 5.76. The molecule has 3 atom stereocenters. The third-order valence-corrected chi connectivity index (χ3v) is 6.09. The lowest BCUT2D eigenvalue weighted by Gasteiger charge is -2.22. The first-order chi connectivity index (χ1) is 15.7. The van der Waals surface area contributed by atoms with E-state index in [0.717, 1.165) is 64.3 Å². The van der Waals surface area contributed by atoms with Crippen LogP contribution in [0.1, 0.15) is 31.4 Å². The lowest BCUT2D eigenvalue weighted by Crippen LogP contribution is -2.34. The van der Waals surface area contributed by atoms with Gasteiger partial charge in [-0.2, -0.15) is 13.2 Å². The maximum absolute atomic E-state index is 12.2. The number of nitrogens with zero attached hydrogens (tertiary/aromatic N) is 2. The summed E-state index contributed by atoms with van der Waals surface area (Å²) in [4.78, 5) is 27.9. The van der Waals surface area contributed by atoms with Crippen LogP contribution in [0.25, 0.3) is 0 Å². The first-order valence-corrected chi connectivity index (χ1v) is 11.1. The quantitative estimate of drug-likeness (QED) is 0.654. The summed E-state index contributed by atoms with van der Waals surface area (Å²) in [5, 5.41) is 10.2. The van der Waals surface area contributed by atoms with Crippen LogP contribution in [0, 0.1) is 11.8 Å². The van der Waals surface area contributed by atoms with Crippen LogP contribution in [0.3, 0.4) is 0 Å². The number of aliphatic carboxylic acids is 1. The van der Waals surface area contributed by atoms with Gasteiger partial charge in [0.2, 0.25) is 5.91 Å². The molecule has 3 saturated heterocycles. The molecule has 8 nitrogen and oxygen atoms in total. The van der Waals surface area contributed by atoms with Crippen molar-refractivity contribution in [1.82, 2.24) is 15.2 Å². The number of ether oxygens (including phenoxy) is 2. The molecule has 0 aliphatic carbocycles. The zero-order valence-corrected chi connectivity index (χ0v) is 18.3. The lowest BCUT2D eigenvalue weighted by molar-refractivity contribution is -0.192. The number of aromatic nitrogens is 1. The number of carboxylic acid groups (broad SMARTS) is 1. The molecule has 0 radical (unpaired) electrons. The van der Waals surface area contributed by atoms with E-state index < -0.39 is 12.1 Å². The molecule has 0 aromatic carbocycles. The van der Waals surface area contributed by atoms with Crippen molar-refractivity contribution in [3.63, 3.8) is 0 Å². The first kappa shape index (κ1) is 25.4. The van der Waals surface area contributed by atoms with Crippen molar-refractivity contribution >= 4 is 11.9 Å². The fourth-order valence-electron chi connectivity index (χ4n) is 4.42. The van der Waals surface area contributed by atoms with E-state index in [-0.39, 0.29) is 18.1 Å². The van der Waals surface area contributed by atoms with Gasteiger partial charge < -0.3 is 19.9 Å². The molecular weight excluding hydrogens is 443 g/mol. The summed E-state index contributed by atoms with van der Waals surface area (Å²) in [6, 6.07) is 6.05. The minimum absolute atomic E-state index is 0.0803. The summed E-state index contributed by atoms with van der Waals surface area (Å²) in [6.07, 6.45) is 0.707. The number of fused-ring (bicyclic) bond motifs is 1. The number of pyridine rings is 1. The van der Waals surface area contributed by atoms with Crippen LogP contribution < -0.4 is 5.32 Å². The minimum Gasteiger partial charge on any atom is -0.475 e. The Balaban J connectivity index is 0.000000383. The second-order valence-electron chi connectivity index (χ2n) is 8.67.